The number of nitrogens with two attached hydrogens (primary N) is 1. The third-order valence-electron chi connectivity index (χ3n) is 6.31. The second kappa shape index (κ2) is 10.4. The predicted octanol–water partition coefficient (Wildman–Crippen LogP) is 4.67. The SMILES string of the molecule is CCOc1cc2ncc(C(N)=O)c(Nc3ccc(F)cc3F)c2cc1N1CCCN(C(C)C)CC1. The molecule has 0 radical (unpaired) electrons. The summed E-state index contributed by atoms with van der Waals surface area (Å²) in [5, 5.41) is 3.55. The van der Waals surface area contributed by atoms with Gasteiger partial charge in [-0.15, -0.1) is 0 Å². The lowest BCUT2D eigenvalue weighted by atomic mass is 10.1. The molecule has 2 heterocycles. The third-order valence-corrected chi connectivity index (χ3v) is 6.31. The van der Waals surface area contributed by atoms with Gasteiger partial charge in [-0.2, -0.15) is 0 Å². The first-order chi connectivity index (χ1) is 16.8. The van der Waals surface area contributed by atoms with Crippen molar-refractivity contribution in [3.05, 3.63) is 53.7 Å². The minimum absolute atomic E-state index is 0.0270. The zero-order chi connectivity index (χ0) is 25.1. The number of amides is 1. The Morgan fingerprint density at radius 1 is 1.17 bits per heavy atom. The molecule has 1 saturated heterocycles. The van der Waals surface area contributed by atoms with Gasteiger partial charge in [-0.25, -0.2) is 8.78 Å². The summed E-state index contributed by atoms with van der Waals surface area (Å²) in [5.41, 5.74) is 7.52. The normalized spacial score (nSPS) is 14.9. The number of benzene rings is 2. The van der Waals surface area contributed by atoms with E-state index in [1.54, 1.807) is 0 Å². The average molecular weight is 484 g/mol. The lowest BCUT2D eigenvalue weighted by Gasteiger charge is -2.27. The van der Waals surface area contributed by atoms with Crippen LogP contribution < -0.4 is 20.7 Å². The van der Waals surface area contributed by atoms with Crippen LogP contribution in [0.5, 0.6) is 5.75 Å². The molecule has 9 heteroatoms. The van der Waals surface area contributed by atoms with E-state index in [0.717, 1.165) is 50.4 Å². The molecule has 186 valence electrons. The van der Waals surface area contributed by atoms with Crippen molar-refractivity contribution in [3.63, 3.8) is 0 Å². The summed E-state index contributed by atoms with van der Waals surface area (Å²) < 4.78 is 33.9. The Morgan fingerprint density at radius 2 is 1.97 bits per heavy atom. The molecule has 0 spiro atoms. The van der Waals surface area contributed by atoms with E-state index in [1.807, 2.05) is 19.1 Å². The summed E-state index contributed by atoms with van der Waals surface area (Å²) in [5.74, 6) is -1.49. The van der Waals surface area contributed by atoms with E-state index in [4.69, 9.17) is 10.5 Å². The smallest absolute Gasteiger partial charge is 0.252 e. The minimum atomic E-state index is -0.780. The Bertz CT molecular complexity index is 1230. The van der Waals surface area contributed by atoms with Gasteiger partial charge in [-0.3, -0.25) is 14.7 Å². The maximum atomic E-state index is 14.5. The minimum Gasteiger partial charge on any atom is -0.492 e. The molecular formula is C26H31F2N5O2. The number of hydrogen-bond donors (Lipinski definition) is 2. The van der Waals surface area contributed by atoms with Crippen molar-refractivity contribution in [1.82, 2.24) is 9.88 Å². The molecule has 1 aliphatic heterocycles. The van der Waals surface area contributed by atoms with E-state index in [2.05, 4.69) is 33.9 Å². The molecule has 1 aromatic heterocycles. The van der Waals surface area contributed by atoms with E-state index in [1.165, 1.54) is 12.3 Å². The fourth-order valence-corrected chi connectivity index (χ4v) is 4.47. The topological polar surface area (TPSA) is 83.7 Å². The molecule has 7 nitrogen and oxygen atoms in total. The quantitative estimate of drug-likeness (QED) is 0.508. The fourth-order valence-electron chi connectivity index (χ4n) is 4.47. The maximum absolute atomic E-state index is 14.5. The standard InChI is InChI=1S/C26H31F2N5O2/c1-4-35-24-14-22-18(13-23(24)33-9-5-8-32(10-11-33)16(2)3)25(19(15-30-22)26(29)34)31-21-7-6-17(27)12-20(21)28/h6-7,12-16H,4-5,8-11H2,1-3H3,(H2,29,34)(H,30,31). The molecule has 2 aromatic carbocycles. The van der Waals surface area contributed by atoms with Crippen LogP contribution in [0, 0.1) is 11.6 Å². The van der Waals surface area contributed by atoms with Gasteiger partial charge in [0.1, 0.15) is 17.4 Å². The fraction of sp³-hybridized carbons (Fsp3) is 0.385. The van der Waals surface area contributed by atoms with Gasteiger partial charge in [0, 0.05) is 55.9 Å². The summed E-state index contributed by atoms with van der Waals surface area (Å²) in [6, 6.07) is 7.42. The van der Waals surface area contributed by atoms with Crippen molar-refractivity contribution in [2.24, 2.45) is 5.73 Å². The number of nitrogens with zero attached hydrogens (tertiary/aromatic N) is 3. The summed E-state index contributed by atoms with van der Waals surface area (Å²) in [6.07, 6.45) is 2.35. The van der Waals surface area contributed by atoms with Gasteiger partial charge in [0.25, 0.3) is 5.91 Å². The lowest BCUT2D eigenvalue weighted by molar-refractivity contribution is 0.100. The van der Waals surface area contributed by atoms with Crippen LogP contribution in [0.2, 0.25) is 0 Å². The lowest BCUT2D eigenvalue weighted by Crippen LogP contribution is -2.35. The second-order valence-electron chi connectivity index (χ2n) is 8.90. The van der Waals surface area contributed by atoms with Gasteiger partial charge in [0.05, 0.1) is 34.7 Å². The number of hydrogen-bond acceptors (Lipinski definition) is 6. The highest BCUT2D eigenvalue weighted by atomic mass is 19.1. The highest BCUT2D eigenvalue weighted by Gasteiger charge is 2.23. The number of carbonyl (C=O) groups is 1. The number of rotatable bonds is 7. The molecule has 0 aliphatic carbocycles. The molecule has 3 aromatic rings. The highest BCUT2D eigenvalue weighted by Crippen LogP contribution is 2.38. The van der Waals surface area contributed by atoms with Gasteiger partial charge in [-0.1, -0.05) is 0 Å². The predicted molar refractivity (Wildman–Crippen MR) is 135 cm³/mol. The molecule has 3 N–H and O–H groups in total. The van der Waals surface area contributed by atoms with Crippen LogP contribution in [-0.2, 0) is 0 Å². The molecule has 1 amide bonds. The van der Waals surface area contributed by atoms with Crippen molar-refractivity contribution >= 4 is 33.9 Å². The summed E-state index contributed by atoms with van der Waals surface area (Å²) >= 11 is 0. The molecule has 0 bridgehead atoms. The summed E-state index contributed by atoms with van der Waals surface area (Å²) in [7, 11) is 0. The van der Waals surface area contributed by atoms with Crippen molar-refractivity contribution in [2.75, 3.05) is 43.0 Å². The van der Waals surface area contributed by atoms with E-state index < -0.39 is 17.5 Å². The van der Waals surface area contributed by atoms with Crippen molar-refractivity contribution in [2.45, 2.75) is 33.2 Å². The zero-order valence-electron chi connectivity index (χ0n) is 20.3. The molecule has 0 saturated carbocycles. The van der Waals surface area contributed by atoms with Gasteiger partial charge >= 0.3 is 0 Å². The van der Waals surface area contributed by atoms with Crippen LogP contribution in [0.4, 0.5) is 25.8 Å². The number of halogens is 2. The Labute approximate surface area is 203 Å². The summed E-state index contributed by atoms with van der Waals surface area (Å²) in [6.45, 7) is 10.4. The van der Waals surface area contributed by atoms with Crippen LogP contribution in [-0.4, -0.2) is 54.6 Å². The van der Waals surface area contributed by atoms with Gasteiger partial charge in [-0.05, 0) is 45.4 Å². The number of anilines is 3. The van der Waals surface area contributed by atoms with E-state index in [-0.39, 0.29) is 11.3 Å². The largest absolute Gasteiger partial charge is 0.492 e. The van der Waals surface area contributed by atoms with Gasteiger partial charge in [0.15, 0.2) is 0 Å². The van der Waals surface area contributed by atoms with Crippen LogP contribution in [0.3, 0.4) is 0 Å². The van der Waals surface area contributed by atoms with E-state index >= 15 is 0 Å². The van der Waals surface area contributed by atoms with Crippen molar-refractivity contribution in [1.29, 1.82) is 0 Å². The number of carbonyl (C=O) groups excluding carboxylic acids is 1. The van der Waals surface area contributed by atoms with E-state index in [9.17, 15) is 13.6 Å². The molecule has 1 aliphatic rings. The number of pyridine rings is 1. The Hall–Kier alpha value is -3.46. The number of fused-ring (bicyclic) bond motifs is 1. The van der Waals surface area contributed by atoms with Crippen LogP contribution in [0.15, 0.2) is 36.5 Å². The Kier molecular flexibility index (Phi) is 7.35. The monoisotopic (exact) mass is 483 g/mol. The van der Waals surface area contributed by atoms with Crippen molar-refractivity contribution in [3.8, 4) is 5.75 Å². The van der Waals surface area contributed by atoms with Crippen LogP contribution in [0.25, 0.3) is 10.9 Å². The Balaban J connectivity index is 1.84. The van der Waals surface area contributed by atoms with Crippen LogP contribution >= 0.6 is 0 Å². The average Bonchev–Trinajstić information content (AvgIpc) is 3.07. The first kappa shape index (κ1) is 24.7. The highest BCUT2D eigenvalue weighted by molar-refractivity contribution is 6.08. The number of nitrogens with one attached hydrogen (secondary N) is 1. The molecule has 1 fully saturated rings. The zero-order valence-corrected chi connectivity index (χ0v) is 20.3. The first-order valence-corrected chi connectivity index (χ1v) is 11.9. The maximum Gasteiger partial charge on any atom is 0.252 e. The molecule has 4 rings (SSSR count). The number of aromatic nitrogens is 1. The number of primary amides is 1. The summed E-state index contributed by atoms with van der Waals surface area (Å²) in [4.78, 5) is 21.4. The van der Waals surface area contributed by atoms with E-state index in [0.29, 0.717) is 35.0 Å². The Morgan fingerprint density at radius 3 is 2.66 bits per heavy atom. The van der Waals surface area contributed by atoms with Gasteiger partial charge in [0.2, 0.25) is 0 Å². The molecule has 0 atom stereocenters. The first-order valence-electron chi connectivity index (χ1n) is 11.9. The number of ether oxygens (including phenoxy) is 1. The second-order valence-corrected chi connectivity index (χ2v) is 8.90. The molecular weight excluding hydrogens is 452 g/mol. The molecule has 35 heavy (non-hydrogen) atoms. The van der Waals surface area contributed by atoms with Crippen molar-refractivity contribution < 1.29 is 18.3 Å². The molecule has 0 unspecified atom stereocenters. The third kappa shape index (κ3) is 5.30. The van der Waals surface area contributed by atoms with Gasteiger partial charge < -0.3 is 20.7 Å². The van der Waals surface area contributed by atoms with Crippen LogP contribution in [0.1, 0.15) is 37.6 Å².